The molecular formula is C20H24N4O4. The van der Waals surface area contributed by atoms with E-state index in [1.54, 1.807) is 4.90 Å². The van der Waals surface area contributed by atoms with Crippen LogP contribution in [-0.4, -0.2) is 52.6 Å². The van der Waals surface area contributed by atoms with Gasteiger partial charge in [-0.05, 0) is 37.5 Å². The Morgan fingerprint density at radius 1 is 1.14 bits per heavy atom. The summed E-state index contributed by atoms with van der Waals surface area (Å²) in [5.41, 5.74) is -0.118. The zero-order valence-corrected chi connectivity index (χ0v) is 15.6. The lowest BCUT2D eigenvalue weighted by atomic mass is 10.0. The molecule has 2 amide bonds. The number of ether oxygens (including phenoxy) is 1. The molecule has 0 spiro atoms. The van der Waals surface area contributed by atoms with E-state index in [4.69, 9.17) is 4.74 Å². The van der Waals surface area contributed by atoms with Crippen LogP contribution in [0.5, 0.6) is 5.75 Å². The van der Waals surface area contributed by atoms with Gasteiger partial charge in [0.1, 0.15) is 11.4 Å². The minimum Gasteiger partial charge on any atom is -0.494 e. The number of H-pyrrole nitrogens is 1. The van der Waals surface area contributed by atoms with Crippen LogP contribution in [0.2, 0.25) is 0 Å². The van der Waals surface area contributed by atoms with E-state index in [-0.39, 0.29) is 29.1 Å². The number of aromatic amines is 1. The van der Waals surface area contributed by atoms with Gasteiger partial charge in [-0.1, -0.05) is 18.2 Å². The molecule has 0 saturated carbocycles. The number of nitrogens with one attached hydrogen (secondary N) is 2. The molecule has 148 valence electrons. The summed E-state index contributed by atoms with van der Waals surface area (Å²) in [5.74, 6) is 0.597. The summed E-state index contributed by atoms with van der Waals surface area (Å²) in [7, 11) is 0. The second-order valence-electron chi connectivity index (χ2n) is 6.71. The molecule has 1 aromatic carbocycles. The molecule has 1 aromatic heterocycles. The van der Waals surface area contributed by atoms with Gasteiger partial charge >= 0.3 is 0 Å². The highest BCUT2D eigenvalue weighted by Gasteiger charge is 2.25. The molecule has 2 heterocycles. The summed E-state index contributed by atoms with van der Waals surface area (Å²) in [5, 5.41) is 9.07. The first-order chi connectivity index (χ1) is 13.6. The minimum absolute atomic E-state index is 0.00346. The van der Waals surface area contributed by atoms with Crippen LogP contribution in [0.1, 0.15) is 36.2 Å². The van der Waals surface area contributed by atoms with Crippen molar-refractivity contribution in [1.29, 1.82) is 0 Å². The van der Waals surface area contributed by atoms with Crippen LogP contribution in [0, 0.1) is 0 Å². The van der Waals surface area contributed by atoms with Crippen molar-refractivity contribution in [3.63, 3.8) is 0 Å². The van der Waals surface area contributed by atoms with Crippen molar-refractivity contribution in [2.75, 3.05) is 19.7 Å². The molecule has 2 N–H and O–H groups in total. The number of likely N-dealkylation sites (tertiary alicyclic amines) is 1. The number of hydrogen-bond donors (Lipinski definition) is 2. The predicted octanol–water partition coefficient (Wildman–Crippen LogP) is 1.35. The van der Waals surface area contributed by atoms with E-state index in [1.807, 2.05) is 30.3 Å². The molecule has 0 radical (unpaired) electrons. The maximum atomic E-state index is 12.4. The number of piperidine rings is 1. The number of rotatable bonds is 7. The smallest absolute Gasteiger partial charge is 0.274 e. The summed E-state index contributed by atoms with van der Waals surface area (Å²) in [6.45, 7) is 1.58. The monoisotopic (exact) mass is 384 g/mol. The lowest BCUT2D eigenvalue weighted by Gasteiger charge is -2.32. The van der Waals surface area contributed by atoms with Gasteiger partial charge in [-0.15, -0.1) is 0 Å². The number of para-hydroxylation sites is 1. The van der Waals surface area contributed by atoms with Gasteiger partial charge in [0.2, 0.25) is 5.91 Å². The number of benzene rings is 1. The van der Waals surface area contributed by atoms with E-state index >= 15 is 0 Å². The largest absolute Gasteiger partial charge is 0.494 e. The average molecular weight is 384 g/mol. The van der Waals surface area contributed by atoms with Gasteiger partial charge < -0.3 is 15.0 Å². The number of hydrogen-bond acceptors (Lipinski definition) is 5. The molecule has 8 heteroatoms. The summed E-state index contributed by atoms with van der Waals surface area (Å²) < 4.78 is 5.58. The van der Waals surface area contributed by atoms with E-state index in [0.717, 1.165) is 5.75 Å². The van der Waals surface area contributed by atoms with Crippen LogP contribution in [0.3, 0.4) is 0 Å². The van der Waals surface area contributed by atoms with Crippen LogP contribution >= 0.6 is 0 Å². The van der Waals surface area contributed by atoms with E-state index in [1.165, 1.54) is 12.1 Å². The first kappa shape index (κ1) is 19.6. The van der Waals surface area contributed by atoms with Gasteiger partial charge in [0.05, 0.1) is 6.61 Å². The second kappa shape index (κ2) is 9.68. The van der Waals surface area contributed by atoms with Crippen molar-refractivity contribution in [3.8, 4) is 5.75 Å². The summed E-state index contributed by atoms with van der Waals surface area (Å²) in [6, 6.07) is 12.3. The number of aromatic nitrogens is 2. The molecule has 8 nitrogen and oxygen atoms in total. The molecule has 1 aliphatic heterocycles. The highest BCUT2D eigenvalue weighted by Crippen LogP contribution is 2.13. The molecule has 28 heavy (non-hydrogen) atoms. The Bertz CT molecular complexity index is 824. The van der Waals surface area contributed by atoms with Crippen LogP contribution in [0.4, 0.5) is 0 Å². The molecule has 1 aliphatic rings. The third-order valence-corrected chi connectivity index (χ3v) is 4.61. The second-order valence-corrected chi connectivity index (χ2v) is 6.71. The topological polar surface area (TPSA) is 104 Å². The van der Waals surface area contributed by atoms with E-state index in [0.29, 0.717) is 45.4 Å². The summed E-state index contributed by atoms with van der Waals surface area (Å²) in [6.07, 6.45) is 2.45. The van der Waals surface area contributed by atoms with E-state index < -0.39 is 0 Å². The van der Waals surface area contributed by atoms with Gasteiger partial charge in [0.15, 0.2) is 0 Å². The highest BCUT2D eigenvalue weighted by atomic mass is 16.5. The zero-order chi connectivity index (χ0) is 19.8. The van der Waals surface area contributed by atoms with Crippen LogP contribution in [-0.2, 0) is 4.79 Å². The first-order valence-corrected chi connectivity index (χ1v) is 9.44. The normalized spacial score (nSPS) is 14.5. The highest BCUT2D eigenvalue weighted by molar-refractivity contribution is 5.92. The Hall–Kier alpha value is -3.16. The first-order valence-electron chi connectivity index (χ1n) is 9.44. The lowest BCUT2D eigenvalue weighted by molar-refractivity contribution is -0.122. The third-order valence-electron chi connectivity index (χ3n) is 4.61. The Labute approximate surface area is 162 Å². The fourth-order valence-electron chi connectivity index (χ4n) is 3.09. The van der Waals surface area contributed by atoms with Crippen molar-refractivity contribution >= 4 is 11.8 Å². The van der Waals surface area contributed by atoms with Gasteiger partial charge in [0, 0.05) is 31.6 Å². The van der Waals surface area contributed by atoms with Crippen LogP contribution in [0.25, 0.3) is 0 Å². The van der Waals surface area contributed by atoms with Crippen molar-refractivity contribution in [2.45, 2.75) is 31.7 Å². The summed E-state index contributed by atoms with van der Waals surface area (Å²) >= 11 is 0. The average Bonchev–Trinajstić information content (AvgIpc) is 2.73. The number of carbonyl (C=O) groups is 2. The molecule has 0 unspecified atom stereocenters. The van der Waals surface area contributed by atoms with E-state index in [9.17, 15) is 14.4 Å². The lowest BCUT2D eigenvalue weighted by Crippen LogP contribution is -2.46. The third kappa shape index (κ3) is 5.67. The zero-order valence-electron chi connectivity index (χ0n) is 15.6. The molecule has 0 bridgehead atoms. The van der Waals surface area contributed by atoms with E-state index in [2.05, 4.69) is 15.5 Å². The maximum absolute atomic E-state index is 12.4. The summed E-state index contributed by atoms with van der Waals surface area (Å²) in [4.78, 5) is 37.2. The molecule has 1 saturated heterocycles. The van der Waals surface area contributed by atoms with Crippen LogP contribution < -0.4 is 15.6 Å². The number of amides is 2. The van der Waals surface area contributed by atoms with Crippen molar-refractivity contribution in [2.24, 2.45) is 0 Å². The molecule has 3 rings (SSSR count). The quantitative estimate of drug-likeness (QED) is 0.701. The Kier molecular flexibility index (Phi) is 6.78. The molecular weight excluding hydrogens is 360 g/mol. The standard InChI is InChI=1S/C20H24N4O4/c25-18(7-4-14-28-16-5-2-1-3-6-16)21-15-10-12-24(13-11-15)20(27)17-8-9-19(26)23-22-17/h1-3,5-6,8-9,15H,4,7,10-14H2,(H,21,25)(H,23,26). The van der Waals surface area contributed by atoms with Crippen molar-refractivity contribution in [1.82, 2.24) is 20.4 Å². The fraction of sp³-hybridized carbons (Fsp3) is 0.400. The molecule has 1 fully saturated rings. The van der Waals surface area contributed by atoms with Crippen molar-refractivity contribution in [3.05, 3.63) is 58.5 Å². The molecule has 0 atom stereocenters. The Morgan fingerprint density at radius 3 is 2.57 bits per heavy atom. The Morgan fingerprint density at radius 2 is 1.89 bits per heavy atom. The fourth-order valence-corrected chi connectivity index (χ4v) is 3.09. The molecule has 0 aliphatic carbocycles. The Balaban J connectivity index is 1.34. The van der Waals surface area contributed by atoms with Gasteiger partial charge in [-0.2, -0.15) is 5.10 Å². The minimum atomic E-state index is -0.341. The van der Waals surface area contributed by atoms with Crippen molar-refractivity contribution < 1.29 is 14.3 Å². The van der Waals surface area contributed by atoms with Gasteiger partial charge in [-0.25, -0.2) is 5.10 Å². The van der Waals surface area contributed by atoms with Gasteiger partial charge in [-0.3, -0.25) is 14.4 Å². The predicted molar refractivity (Wildman–Crippen MR) is 103 cm³/mol. The SMILES string of the molecule is O=C(CCCOc1ccccc1)NC1CCN(C(=O)c2ccc(=O)[nH]n2)CC1. The maximum Gasteiger partial charge on any atom is 0.274 e. The molecule has 2 aromatic rings. The van der Waals surface area contributed by atoms with Crippen LogP contribution in [0.15, 0.2) is 47.3 Å². The number of nitrogens with zero attached hydrogens (tertiary/aromatic N) is 2. The van der Waals surface area contributed by atoms with Gasteiger partial charge in [0.25, 0.3) is 11.5 Å². The number of carbonyl (C=O) groups excluding carboxylic acids is 2.